The molecule has 3 rings (SSSR count). The van der Waals surface area contributed by atoms with Crippen LogP contribution in [-0.4, -0.2) is 41.9 Å². The van der Waals surface area contributed by atoms with Crippen molar-refractivity contribution in [2.75, 3.05) is 26.2 Å². The molecule has 0 radical (unpaired) electrons. The van der Waals surface area contributed by atoms with Crippen molar-refractivity contribution in [3.05, 3.63) is 45.0 Å². The van der Waals surface area contributed by atoms with Crippen molar-refractivity contribution in [1.82, 2.24) is 9.80 Å². The lowest BCUT2D eigenvalue weighted by molar-refractivity contribution is 0.0621. The number of furan rings is 1. The molecule has 0 unspecified atom stereocenters. The fourth-order valence-electron chi connectivity index (χ4n) is 2.34. The van der Waals surface area contributed by atoms with Crippen LogP contribution >= 0.6 is 27.3 Å². The van der Waals surface area contributed by atoms with Crippen LogP contribution in [0.3, 0.4) is 0 Å². The van der Waals surface area contributed by atoms with E-state index in [1.165, 1.54) is 0 Å². The van der Waals surface area contributed by atoms with E-state index in [4.69, 9.17) is 4.42 Å². The summed E-state index contributed by atoms with van der Waals surface area (Å²) in [6, 6.07) is 5.78. The molecule has 0 N–H and O–H groups in total. The van der Waals surface area contributed by atoms with Gasteiger partial charge in [0.05, 0.1) is 22.2 Å². The second-order valence-electron chi connectivity index (χ2n) is 4.79. The molecule has 0 spiro atoms. The van der Waals surface area contributed by atoms with Crippen molar-refractivity contribution in [3.63, 3.8) is 0 Å². The van der Waals surface area contributed by atoms with Crippen molar-refractivity contribution >= 4 is 33.2 Å². The van der Waals surface area contributed by atoms with Gasteiger partial charge in [-0.1, -0.05) is 0 Å². The summed E-state index contributed by atoms with van der Waals surface area (Å²) >= 11 is 4.94. The summed E-state index contributed by atoms with van der Waals surface area (Å²) in [4.78, 5) is 16.5. The first-order chi connectivity index (χ1) is 9.72. The van der Waals surface area contributed by atoms with Crippen LogP contribution in [-0.2, 0) is 6.54 Å². The third kappa shape index (κ3) is 3.13. The number of hydrogen-bond donors (Lipinski definition) is 0. The molecule has 1 aliphatic rings. The molecule has 1 fully saturated rings. The van der Waals surface area contributed by atoms with Crippen LogP contribution in [0.15, 0.2) is 38.0 Å². The van der Waals surface area contributed by atoms with Gasteiger partial charge in [0.25, 0.3) is 5.91 Å². The van der Waals surface area contributed by atoms with Crippen molar-refractivity contribution in [2.24, 2.45) is 0 Å². The summed E-state index contributed by atoms with van der Waals surface area (Å²) < 4.78 is 6.35. The summed E-state index contributed by atoms with van der Waals surface area (Å²) in [7, 11) is 0. The highest BCUT2D eigenvalue weighted by atomic mass is 79.9. The van der Waals surface area contributed by atoms with Gasteiger partial charge in [-0.05, 0) is 34.1 Å². The molecule has 1 aliphatic heterocycles. The van der Waals surface area contributed by atoms with E-state index in [0.29, 0.717) is 0 Å². The van der Waals surface area contributed by atoms with Crippen LogP contribution in [0.1, 0.15) is 16.1 Å². The van der Waals surface area contributed by atoms with Crippen LogP contribution in [0, 0.1) is 0 Å². The second-order valence-corrected chi connectivity index (χ2v) is 7.08. The Kier molecular flexibility index (Phi) is 4.24. The highest BCUT2D eigenvalue weighted by Gasteiger charge is 2.23. The summed E-state index contributed by atoms with van der Waals surface area (Å²) in [6.07, 6.45) is 1.70. The van der Waals surface area contributed by atoms with E-state index in [1.807, 2.05) is 28.5 Å². The van der Waals surface area contributed by atoms with Gasteiger partial charge in [-0.25, -0.2) is 0 Å². The normalized spacial score (nSPS) is 16.6. The topological polar surface area (TPSA) is 36.7 Å². The standard InChI is InChI=1S/C14H15BrN2O2S/c15-13-8-11(10-20-13)14(18)17-5-3-16(4-6-17)9-12-2-1-7-19-12/h1-2,7-8,10H,3-6,9H2. The maximum absolute atomic E-state index is 12.3. The molecule has 0 aromatic carbocycles. The Morgan fingerprint density at radius 1 is 1.35 bits per heavy atom. The van der Waals surface area contributed by atoms with E-state index in [9.17, 15) is 4.79 Å². The Morgan fingerprint density at radius 2 is 2.15 bits per heavy atom. The van der Waals surface area contributed by atoms with Crippen LogP contribution in [0.2, 0.25) is 0 Å². The zero-order chi connectivity index (χ0) is 13.9. The third-order valence-corrected chi connectivity index (χ3v) is 4.94. The Labute approximate surface area is 130 Å². The summed E-state index contributed by atoms with van der Waals surface area (Å²) in [5.41, 5.74) is 0.779. The predicted molar refractivity (Wildman–Crippen MR) is 81.9 cm³/mol. The quantitative estimate of drug-likeness (QED) is 0.849. The van der Waals surface area contributed by atoms with E-state index < -0.39 is 0 Å². The van der Waals surface area contributed by atoms with Crippen molar-refractivity contribution in [1.29, 1.82) is 0 Å². The van der Waals surface area contributed by atoms with Crippen molar-refractivity contribution < 1.29 is 9.21 Å². The maximum atomic E-state index is 12.3. The van der Waals surface area contributed by atoms with E-state index in [0.717, 1.165) is 47.8 Å². The summed E-state index contributed by atoms with van der Waals surface area (Å²) in [5, 5.41) is 1.90. The van der Waals surface area contributed by atoms with Gasteiger partial charge in [0, 0.05) is 31.6 Å². The van der Waals surface area contributed by atoms with Gasteiger partial charge >= 0.3 is 0 Å². The minimum Gasteiger partial charge on any atom is -0.468 e. The number of carbonyl (C=O) groups is 1. The number of rotatable bonds is 3. The zero-order valence-electron chi connectivity index (χ0n) is 10.9. The van der Waals surface area contributed by atoms with Gasteiger partial charge < -0.3 is 9.32 Å². The van der Waals surface area contributed by atoms with Crippen LogP contribution in [0.4, 0.5) is 0 Å². The fourth-order valence-corrected chi connectivity index (χ4v) is 3.47. The minimum atomic E-state index is 0.129. The monoisotopic (exact) mass is 354 g/mol. The molecule has 3 heterocycles. The van der Waals surface area contributed by atoms with Crippen LogP contribution < -0.4 is 0 Å². The SMILES string of the molecule is O=C(c1csc(Br)c1)N1CCN(Cc2ccco2)CC1. The number of hydrogen-bond acceptors (Lipinski definition) is 4. The molecule has 2 aromatic heterocycles. The van der Waals surface area contributed by atoms with Crippen LogP contribution in [0.25, 0.3) is 0 Å². The van der Waals surface area contributed by atoms with E-state index >= 15 is 0 Å². The smallest absolute Gasteiger partial charge is 0.254 e. The predicted octanol–water partition coefficient (Wildman–Crippen LogP) is 3.06. The number of halogens is 1. The molecular formula is C14H15BrN2O2S. The molecule has 0 bridgehead atoms. The maximum Gasteiger partial charge on any atom is 0.254 e. The Balaban J connectivity index is 1.54. The fraction of sp³-hybridized carbons (Fsp3) is 0.357. The van der Waals surface area contributed by atoms with Gasteiger partial charge in [-0.3, -0.25) is 9.69 Å². The zero-order valence-corrected chi connectivity index (χ0v) is 13.3. The first-order valence-corrected chi connectivity index (χ1v) is 8.18. The lowest BCUT2D eigenvalue weighted by Gasteiger charge is -2.34. The van der Waals surface area contributed by atoms with Gasteiger partial charge in [0.15, 0.2) is 0 Å². The molecule has 2 aromatic rings. The average Bonchev–Trinajstić information content (AvgIpc) is 3.10. The molecule has 4 nitrogen and oxygen atoms in total. The Bertz CT molecular complexity index is 574. The first-order valence-electron chi connectivity index (χ1n) is 6.50. The number of nitrogens with zero attached hydrogens (tertiary/aromatic N) is 2. The highest BCUT2D eigenvalue weighted by Crippen LogP contribution is 2.22. The molecule has 1 amide bonds. The molecule has 106 valence electrons. The Hall–Kier alpha value is -1.11. The van der Waals surface area contributed by atoms with E-state index in [1.54, 1.807) is 17.6 Å². The lowest BCUT2D eigenvalue weighted by atomic mass is 10.2. The molecular weight excluding hydrogens is 340 g/mol. The number of thiophene rings is 1. The molecule has 6 heteroatoms. The average molecular weight is 355 g/mol. The van der Waals surface area contributed by atoms with Gasteiger partial charge in [-0.2, -0.15) is 0 Å². The number of piperazine rings is 1. The van der Waals surface area contributed by atoms with Crippen molar-refractivity contribution in [2.45, 2.75) is 6.54 Å². The van der Waals surface area contributed by atoms with Gasteiger partial charge in [0.2, 0.25) is 0 Å². The van der Waals surface area contributed by atoms with Crippen molar-refractivity contribution in [3.8, 4) is 0 Å². The second kappa shape index (κ2) is 6.11. The molecule has 0 aliphatic carbocycles. The lowest BCUT2D eigenvalue weighted by Crippen LogP contribution is -2.48. The Morgan fingerprint density at radius 3 is 2.75 bits per heavy atom. The van der Waals surface area contributed by atoms with E-state index in [2.05, 4.69) is 20.8 Å². The van der Waals surface area contributed by atoms with Gasteiger partial charge in [-0.15, -0.1) is 11.3 Å². The highest BCUT2D eigenvalue weighted by molar-refractivity contribution is 9.11. The molecule has 0 atom stereocenters. The molecule has 0 saturated carbocycles. The molecule has 1 saturated heterocycles. The first kappa shape index (κ1) is 13.9. The summed E-state index contributed by atoms with van der Waals surface area (Å²) in [5.74, 6) is 1.11. The largest absolute Gasteiger partial charge is 0.468 e. The molecule has 20 heavy (non-hydrogen) atoms. The van der Waals surface area contributed by atoms with Gasteiger partial charge in [0.1, 0.15) is 5.76 Å². The number of amides is 1. The third-order valence-electron chi connectivity index (χ3n) is 3.43. The van der Waals surface area contributed by atoms with Crippen LogP contribution in [0.5, 0.6) is 0 Å². The van der Waals surface area contributed by atoms with E-state index in [-0.39, 0.29) is 5.91 Å². The minimum absolute atomic E-state index is 0.129. The number of carbonyl (C=O) groups excluding carboxylic acids is 1. The summed E-state index contributed by atoms with van der Waals surface area (Å²) in [6.45, 7) is 4.13.